The highest BCUT2D eigenvalue weighted by Gasteiger charge is 2.29. The molecule has 0 saturated heterocycles. The number of nitrogens with zero attached hydrogens (tertiary/aromatic N) is 3. The molecule has 0 amide bonds. The predicted octanol–water partition coefficient (Wildman–Crippen LogP) is 12.1. The molecule has 10 aromatic rings. The first-order valence-corrected chi connectivity index (χ1v) is 21.7. The summed E-state index contributed by atoms with van der Waals surface area (Å²) in [5.74, 6) is 1.82. The molecule has 0 bridgehead atoms. The normalized spacial score (nSPS) is 15.8. The summed E-state index contributed by atoms with van der Waals surface area (Å²) in [6, 6.07) is 71.6. The smallest absolute Gasteiger partial charge is 0.209 e. The van der Waals surface area contributed by atoms with Crippen molar-refractivity contribution < 1.29 is 5.32 Å². The van der Waals surface area contributed by atoms with Crippen LogP contribution in [0.2, 0.25) is 0 Å². The number of hydrogen-bond donors (Lipinski definition) is 3. The molecule has 2 unspecified atom stereocenters. The predicted molar refractivity (Wildman–Crippen MR) is 260 cm³/mol. The van der Waals surface area contributed by atoms with Crippen molar-refractivity contribution in [3.05, 3.63) is 229 Å². The van der Waals surface area contributed by atoms with Gasteiger partial charge < -0.3 is 10.6 Å². The van der Waals surface area contributed by atoms with Crippen LogP contribution in [-0.2, 0) is 0 Å². The average Bonchev–Trinajstić information content (AvgIpc) is 3.78. The zero-order valence-electron chi connectivity index (χ0n) is 34.5. The number of benzene rings is 9. The number of fused-ring (bicyclic) bond motifs is 7. The summed E-state index contributed by atoms with van der Waals surface area (Å²) >= 11 is 0. The molecule has 0 spiro atoms. The maximum Gasteiger partial charge on any atom is 0.209 e. The van der Waals surface area contributed by atoms with E-state index >= 15 is 0 Å². The molecule has 9 aromatic carbocycles. The van der Waals surface area contributed by atoms with Crippen LogP contribution >= 0.6 is 0 Å². The van der Waals surface area contributed by atoms with Crippen molar-refractivity contribution in [2.75, 3.05) is 11.9 Å². The zero-order chi connectivity index (χ0) is 41.7. The molecule has 6 nitrogen and oxygen atoms in total. The second kappa shape index (κ2) is 15.4. The second-order valence-electron chi connectivity index (χ2n) is 16.4. The van der Waals surface area contributed by atoms with Crippen LogP contribution in [-0.4, -0.2) is 21.9 Å². The molecule has 12 rings (SSSR count). The molecule has 0 radical (unpaired) electrons. The van der Waals surface area contributed by atoms with Gasteiger partial charge in [0.2, 0.25) is 6.17 Å². The number of anilines is 1. The van der Waals surface area contributed by atoms with Crippen LogP contribution in [0.1, 0.15) is 34.6 Å². The Morgan fingerprint density at radius 3 is 1.84 bits per heavy atom. The molecule has 0 aliphatic carbocycles. The van der Waals surface area contributed by atoms with E-state index < -0.39 is 0 Å². The molecule has 3 heterocycles. The Kier molecular flexibility index (Phi) is 9.01. The number of nitrogens with two attached hydrogens (primary N) is 1. The first-order chi connectivity index (χ1) is 31.2. The maximum absolute atomic E-state index is 5.53. The largest absolute Gasteiger partial charge is 0.381 e. The molecule has 1 aromatic heterocycles. The fourth-order valence-electron chi connectivity index (χ4n) is 9.49. The summed E-state index contributed by atoms with van der Waals surface area (Å²) in [6.45, 7) is 0.796. The Morgan fingerprint density at radius 1 is 0.524 bits per heavy atom. The van der Waals surface area contributed by atoms with Crippen LogP contribution in [0.25, 0.3) is 78.0 Å². The summed E-state index contributed by atoms with van der Waals surface area (Å²) in [7, 11) is 0. The van der Waals surface area contributed by atoms with Gasteiger partial charge in [-0.1, -0.05) is 200 Å². The first-order valence-electron chi connectivity index (χ1n) is 21.7. The van der Waals surface area contributed by atoms with E-state index in [1.165, 1.54) is 38.2 Å². The van der Waals surface area contributed by atoms with Gasteiger partial charge in [-0.3, -0.25) is 9.88 Å². The minimum atomic E-state index is -0.121. The van der Waals surface area contributed by atoms with Crippen LogP contribution in [0.3, 0.4) is 0 Å². The van der Waals surface area contributed by atoms with E-state index in [2.05, 4.69) is 227 Å². The monoisotopic (exact) mass is 811 g/mol. The van der Waals surface area contributed by atoms with Gasteiger partial charge in [-0.15, -0.1) is 0 Å². The van der Waals surface area contributed by atoms with Gasteiger partial charge in [0.05, 0.1) is 16.7 Å². The standard InChI is InChI=1S/C57H42N6/c1-3-13-37(14-4-1)38-24-28-43(29-25-38)55-60-54(42-16-5-2-6-17-42)61-56(62-55)44-30-26-39(27-31-44)40-32-34-45(35-33-40)63-53-48-21-10-9-20-47(48)51-50(23-12-36-58-51)52(53)59-57(63)49-22-11-18-41-15-7-8-19-46(41)49/h1-35,55-56,58,62H,36H2,(H,60,61)/p+1. The summed E-state index contributed by atoms with van der Waals surface area (Å²) in [5.41, 5.74) is 14.7. The van der Waals surface area contributed by atoms with E-state index in [4.69, 9.17) is 9.98 Å². The van der Waals surface area contributed by atoms with Gasteiger partial charge in [-0.05, 0) is 45.2 Å². The summed E-state index contributed by atoms with van der Waals surface area (Å²) in [4.78, 5) is 10.8. The molecule has 300 valence electrons. The summed E-state index contributed by atoms with van der Waals surface area (Å²) in [5, 5.41) is 14.5. The van der Waals surface area contributed by atoms with Crippen molar-refractivity contribution in [2.24, 2.45) is 4.99 Å². The third-order valence-electron chi connectivity index (χ3n) is 12.6. The van der Waals surface area contributed by atoms with Crippen molar-refractivity contribution >= 4 is 50.2 Å². The lowest BCUT2D eigenvalue weighted by atomic mass is 9.99. The molecule has 0 saturated carbocycles. The third-order valence-corrected chi connectivity index (χ3v) is 12.6. The van der Waals surface area contributed by atoms with E-state index in [1.807, 2.05) is 6.07 Å². The van der Waals surface area contributed by atoms with Crippen LogP contribution in [0.4, 0.5) is 5.69 Å². The molecule has 2 aliphatic rings. The Balaban J connectivity index is 0.907. The number of rotatable bonds is 7. The van der Waals surface area contributed by atoms with Crippen LogP contribution in [0, 0.1) is 0 Å². The molecule has 0 fully saturated rings. The summed E-state index contributed by atoms with van der Waals surface area (Å²) < 4.78 is 2.37. The molecule has 6 heteroatoms. The van der Waals surface area contributed by atoms with Crippen LogP contribution in [0.15, 0.2) is 211 Å². The van der Waals surface area contributed by atoms with Gasteiger partial charge in [-0.2, -0.15) is 0 Å². The van der Waals surface area contributed by atoms with Crippen LogP contribution in [0.5, 0.6) is 0 Å². The van der Waals surface area contributed by atoms with Crippen molar-refractivity contribution in [1.29, 1.82) is 0 Å². The minimum Gasteiger partial charge on any atom is -0.381 e. The van der Waals surface area contributed by atoms with E-state index in [1.54, 1.807) is 0 Å². The maximum atomic E-state index is 5.53. The lowest BCUT2D eigenvalue weighted by Crippen LogP contribution is -2.90. The second-order valence-corrected chi connectivity index (χ2v) is 16.4. The Morgan fingerprint density at radius 2 is 1.11 bits per heavy atom. The minimum absolute atomic E-state index is 0.00678. The van der Waals surface area contributed by atoms with Gasteiger partial charge in [0.25, 0.3) is 0 Å². The first kappa shape index (κ1) is 36.8. The van der Waals surface area contributed by atoms with E-state index in [0.717, 1.165) is 74.0 Å². The Hall–Kier alpha value is -8.06. The fraction of sp³-hybridized carbons (Fsp3) is 0.0526. The number of imidazole rings is 1. The SMILES string of the molecule is C1=Cc2c(c3ccccc3c3c2nc(-c2cccc4ccccc24)n3-c2ccc(-c3ccc(C4N=C(c5ccccc5)NC(c5ccc(-c6ccccc6)cc5)[NH2+]4)cc3)cc2)NC1. The topological polar surface area (TPSA) is 70.8 Å². The highest BCUT2D eigenvalue weighted by Crippen LogP contribution is 2.43. The third kappa shape index (κ3) is 6.56. The van der Waals surface area contributed by atoms with E-state index in [-0.39, 0.29) is 12.3 Å². The average molecular weight is 812 g/mol. The van der Waals surface area contributed by atoms with Gasteiger partial charge in [0, 0.05) is 50.8 Å². The number of aliphatic imine (C=N–C) groups is 1. The molecular weight excluding hydrogens is 769 g/mol. The Bertz CT molecular complexity index is 3360. The van der Waals surface area contributed by atoms with Gasteiger partial charge in [0.15, 0.2) is 6.17 Å². The highest BCUT2D eigenvalue weighted by molar-refractivity contribution is 6.17. The number of amidine groups is 1. The Labute approximate surface area is 365 Å². The van der Waals surface area contributed by atoms with Gasteiger partial charge >= 0.3 is 0 Å². The van der Waals surface area contributed by atoms with Gasteiger partial charge in [-0.25, -0.2) is 9.98 Å². The molecule has 2 aliphatic heterocycles. The zero-order valence-corrected chi connectivity index (χ0v) is 34.5. The quantitative estimate of drug-likeness (QED) is 0.150. The van der Waals surface area contributed by atoms with E-state index in [0.29, 0.717) is 0 Å². The lowest BCUT2D eigenvalue weighted by molar-refractivity contribution is -0.739. The highest BCUT2D eigenvalue weighted by atomic mass is 15.3. The number of quaternary nitrogens is 1. The fourth-order valence-corrected chi connectivity index (χ4v) is 9.49. The summed E-state index contributed by atoms with van der Waals surface area (Å²) in [6.07, 6.45) is 4.29. The molecule has 2 atom stereocenters. The molecule has 4 N–H and O–H groups in total. The number of aromatic nitrogens is 2. The van der Waals surface area contributed by atoms with Crippen molar-refractivity contribution in [2.45, 2.75) is 12.3 Å². The molecule has 63 heavy (non-hydrogen) atoms. The number of nitrogens with one attached hydrogen (secondary N) is 2. The van der Waals surface area contributed by atoms with E-state index in [9.17, 15) is 0 Å². The molecular formula is C57H43N6+. The van der Waals surface area contributed by atoms with Crippen molar-refractivity contribution in [1.82, 2.24) is 14.9 Å². The van der Waals surface area contributed by atoms with Crippen LogP contribution < -0.4 is 16.0 Å². The number of hydrogen-bond acceptors (Lipinski definition) is 4. The van der Waals surface area contributed by atoms with Crippen molar-refractivity contribution in [3.63, 3.8) is 0 Å². The lowest BCUT2D eigenvalue weighted by Gasteiger charge is -2.29. The van der Waals surface area contributed by atoms with Gasteiger partial charge in [0.1, 0.15) is 11.7 Å². The van der Waals surface area contributed by atoms with Crippen molar-refractivity contribution in [3.8, 4) is 39.3 Å².